The largest absolute Gasteiger partial charge is 0.389 e. The van der Waals surface area contributed by atoms with E-state index in [0.717, 1.165) is 19.4 Å². The molecule has 17 heavy (non-hydrogen) atoms. The highest BCUT2D eigenvalue weighted by atomic mass is 19.4. The molecule has 2 atom stereocenters. The lowest BCUT2D eigenvalue weighted by atomic mass is 9.85. The third-order valence-electron chi connectivity index (χ3n) is 3.44. The van der Waals surface area contributed by atoms with Gasteiger partial charge in [-0.15, -0.1) is 0 Å². The number of unbranched alkanes of at least 4 members (excludes halogenated alkanes) is 1. The first-order valence-corrected chi connectivity index (χ1v) is 6.52. The number of nitrogens with one attached hydrogen (secondary N) is 1. The number of alkyl halides is 3. The molecule has 0 bridgehead atoms. The van der Waals surface area contributed by atoms with Crippen LogP contribution in [-0.4, -0.2) is 25.3 Å². The van der Waals surface area contributed by atoms with Gasteiger partial charge in [-0.1, -0.05) is 12.8 Å². The van der Waals surface area contributed by atoms with Gasteiger partial charge in [0.2, 0.25) is 0 Å². The van der Waals surface area contributed by atoms with Crippen molar-refractivity contribution in [1.82, 2.24) is 5.32 Å². The van der Waals surface area contributed by atoms with Crippen molar-refractivity contribution in [3.8, 4) is 0 Å². The summed E-state index contributed by atoms with van der Waals surface area (Å²) in [6, 6.07) is 0.270. The van der Waals surface area contributed by atoms with E-state index < -0.39 is 12.6 Å². The SMILES string of the molecule is NC1CCCCC1CNCCCCC(F)(F)F. The molecule has 2 nitrogen and oxygen atoms in total. The highest BCUT2D eigenvalue weighted by Crippen LogP contribution is 2.23. The van der Waals surface area contributed by atoms with Crippen molar-refractivity contribution in [2.24, 2.45) is 11.7 Å². The van der Waals surface area contributed by atoms with E-state index in [1.165, 1.54) is 12.8 Å². The molecule has 102 valence electrons. The number of rotatable bonds is 6. The molecule has 1 aliphatic carbocycles. The molecule has 1 saturated carbocycles. The zero-order valence-corrected chi connectivity index (χ0v) is 10.2. The third kappa shape index (κ3) is 6.88. The van der Waals surface area contributed by atoms with Crippen LogP contribution in [0.5, 0.6) is 0 Å². The maximum absolute atomic E-state index is 11.9. The summed E-state index contributed by atoms with van der Waals surface area (Å²) in [4.78, 5) is 0. The Morgan fingerprint density at radius 3 is 2.47 bits per heavy atom. The van der Waals surface area contributed by atoms with Gasteiger partial charge in [-0.25, -0.2) is 0 Å². The molecule has 0 radical (unpaired) electrons. The Kier molecular flexibility index (Phi) is 6.27. The van der Waals surface area contributed by atoms with E-state index >= 15 is 0 Å². The van der Waals surface area contributed by atoms with Crippen molar-refractivity contribution >= 4 is 0 Å². The summed E-state index contributed by atoms with van der Waals surface area (Å²) in [7, 11) is 0. The predicted octanol–water partition coefficient (Wildman–Crippen LogP) is 2.83. The van der Waals surface area contributed by atoms with E-state index in [1.807, 2.05) is 0 Å². The molecule has 0 heterocycles. The Bertz CT molecular complexity index is 206. The molecule has 0 saturated heterocycles. The van der Waals surface area contributed by atoms with Crippen molar-refractivity contribution < 1.29 is 13.2 Å². The molecule has 3 N–H and O–H groups in total. The maximum atomic E-state index is 11.9. The standard InChI is InChI=1S/C12H23F3N2/c13-12(14,15)7-3-4-8-17-9-10-5-1-2-6-11(10)16/h10-11,17H,1-9,16H2. The molecule has 0 amide bonds. The van der Waals surface area contributed by atoms with Gasteiger partial charge in [-0.3, -0.25) is 0 Å². The second kappa shape index (κ2) is 7.21. The van der Waals surface area contributed by atoms with Gasteiger partial charge in [0, 0.05) is 12.5 Å². The Morgan fingerprint density at radius 1 is 1.12 bits per heavy atom. The molecule has 2 unspecified atom stereocenters. The fourth-order valence-corrected chi connectivity index (χ4v) is 2.35. The van der Waals surface area contributed by atoms with E-state index in [1.54, 1.807) is 0 Å². The molecule has 0 aliphatic heterocycles. The number of hydrogen-bond acceptors (Lipinski definition) is 2. The Labute approximate surface area is 101 Å². The zero-order chi connectivity index (χ0) is 12.7. The molecule has 0 aromatic heterocycles. The van der Waals surface area contributed by atoms with Crippen molar-refractivity contribution in [1.29, 1.82) is 0 Å². The van der Waals surface area contributed by atoms with E-state index in [-0.39, 0.29) is 12.5 Å². The number of halogens is 3. The summed E-state index contributed by atoms with van der Waals surface area (Å²) in [6.45, 7) is 1.52. The normalized spacial score (nSPS) is 26.1. The third-order valence-corrected chi connectivity index (χ3v) is 3.44. The monoisotopic (exact) mass is 252 g/mol. The van der Waals surface area contributed by atoms with Crippen LogP contribution in [0.15, 0.2) is 0 Å². The fraction of sp³-hybridized carbons (Fsp3) is 1.00. The highest BCUT2D eigenvalue weighted by Gasteiger charge is 2.25. The van der Waals surface area contributed by atoms with E-state index in [0.29, 0.717) is 18.9 Å². The lowest BCUT2D eigenvalue weighted by Crippen LogP contribution is -2.39. The molecule has 0 aromatic carbocycles. The predicted molar refractivity (Wildman–Crippen MR) is 62.7 cm³/mol. The summed E-state index contributed by atoms with van der Waals surface area (Å²) in [5.41, 5.74) is 5.99. The average molecular weight is 252 g/mol. The topological polar surface area (TPSA) is 38.0 Å². The smallest absolute Gasteiger partial charge is 0.327 e. The van der Waals surface area contributed by atoms with Gasteiger partial charge in [0.25, 0.3) is 0 Å². The van der Waals surface area contributed by atoms with Crippen LogP contribution in [-0.2, 0) is 0 Å². The van der Waals surface area contributed by atoms with Crippen LogP contribution in [0.4, 0.5) is 13.2 Å². The molecule has 1 fully saturated rings. The first-order valence-electron chi connectivity index (χ1n) is 6.52. The van der Waals surface area contributed by atoms with Crippen LogP contribution < -0.4 is 11.1 Å². The van der Waals surface area contributed by atoms with Gasteiger partial charge in [-0.05, 0) is 44.7 Å². The first kappa shape index (κ1) is 14.8. The summed E-state index contributed by atoms with van der Waals surface area (Å²) in [5.74, 6) is 0.506. The average Bonchev–Trinajstić information content (AvgIpc) is 2.24. The molecular weight excluding hydrogens is 229 g/mol. The summed E-state index contributed by atoms with van der Waals surface area (Å²) >= 11 is 0. The lowest BCUT2D eigenvalue weighted by Gasteiger charge is -2.28. The Balaban J connectivity index is 1.96. The minimum absolute atomic E-state index is 0.215. The lowest BCUT2D eigenvalue weighted by molar-refractivity contribution is -0.135. The highest BCUT2D eigenvalue weighted by molar-refractivity contribution is 4.79. The van der Waals surface area contributed by atoms with Crippen LogP contribution >= 0.6 is 0 Å². The quantitative estimate of drug-likeness (QED) is 0.713. The molecule has 0 aromatic rings. The minimum atomic E-state index is -4.01. The van der Waals surface area contributed by atoms with Gasteiger partial charge in [-0.2, -0.15) is 13.2 Å². The van der Waals surface area contributed by atoms with Crippen LogP contribution in [0.3, 0.4) is 0 Å². The van der Waals surface area contributed by atoms with Crippen molar-refractivity contribution in [3.63, 3.8) is 0 Å². The maximum Gasteiger partial charge on any atom is 0.389 e. The van der Waals surface area contributed by atoms with Crippen LogP contribution in [0.2, 0.25) is 0 Å². The van der Waals surface area contributed by atoms with Crippen LogP contribution in [0.25, 0.3) is 0 Å². The zero-order valence-electron chi connectivity index (χ0n) is 10.2. The molecular formula is C12H23F3N2. The number of hydrogen-bond donors (Lipinski definition) is 2. The number of nitrogens with two attached hydrogens (primary N) is 1. The van der Waals surface area contributed by atoms with E-state index in [2.05, 4.69) is 5.32 Å². The molecule has 1 aliphatic rings. The fourth-order valence-electron chi connectivity index (χ4n) is 2.35. The van der Waals surface area contributed by atoms with Gasteiger partial charge in [0.15, 0.2) is 0 Å². The second-order valence-corrected chi connectivity index (χ2v) is 4.98. The van der Waals surface area contributed by atoms with Gasteiger partial charge >= 0.3 is 6.18 Å². The van der Waals surface area contributed by atoms with E-state index in [9.17, 15) is 13.2 Å². The Morgan fingerprint density at radius 2 is 1.82 bits per heavy atom. The van der Waals surface area contributed by atoms with E-state index in [4.69, 9.17) is 5.73 Å². The van der Waals surface area contributed by atoms with Gasteiger partial charge < -0.3 is 11.1 Å². The van der Waals surface area contributed by atoms with Crippen molar-refractivity contribution in [3.05, 3.63) is 0 Å². The summed E-state index contributed by atoms with van der Waals surface area (Å²) < 4.78 is 35.6. The molecule has 0 spiro atoms. The Hall–Kier alpha value is -0.290. The summed E-state index contributed by atoms with van der Waals surface area (Å²) in [5, 5.41) is 3.22. The van der Waals surface area contributed by atoms with Crippen LogP contribution in [0, 0.1) is 5.92 Å². The van der Waals surface area contributed by atoms with Gasteiger partial charge in [0.05, 0.1) is 0 Å². The van der Waals surface area contributed by atoms with Crippen molar-refractivity contribution in [2.45, 2.75) is 57.2 Å². The first-order chi connectivity index (χ1) is 7.99. The molecule has 1 rings (SSSR count). The summed E-state index contributed by atoms with van der Waals surface area (Å²) in [6.07, 6.45) is 0.798. The second-order valence-electron chi connectivity index (χ2n) is 4.98. The molecule has 5 heteroatoms. The van der Waals surface area contributed by atoms with Crippen molar-refractivity contribution in [2.75, 3.05) is 13.1 Å². The minimum Gasteiger partial charge on any atom is -0.327 e. The van der Waals surface area contributed by atoms with Crippen LogP contribution in [0.1, 0.15) is 44.9 Å². The van der Waals surface area contributed by atoms with Gasteiger partial charge in [0.1, 0.15) is 0 Å².